The Bertz CT molecular complexity index is 358. The van der Waals surface area contributed by atoms with Crippen molar-refractivity contribution < 1.29 is 9.63 Å². The summed E-state index contributed by atoms with van der Waals surface area (Å²) in [5.74, 6) is 7.84. The summed E-state index contributed by atoms with van der Waals surface area (Å²) >= 11 is 0. The smallest absolute Gasteiger partial charge is 0.324 e. The van der Waals surface area contributed by atoms with Crippen LogP contribution in [0.3, 0.4) is 0 Å². The Kier molecular flexibility index (Phi) is 6.01. The van der Waals surface area contributed by atoms with Crippen molar-refractivity contribution >= 4 is 5.97 Å². The highest BCUT2D eigenvalue weighted by atomic mass is 16.7. The minimum Gasteiger partial charge on any atom is -0.373 e. The van der Waals surface area contributed by atoms with Gasteiger partial charge < -0.3 is 4.84 Å². The van der Waals surface area contributed by atoms with Crippen LogP contribution in [-0.2, 0) is 9.63 Å². The fraction of sp³-hybridized carbons (Fsp3) is 0.950. The molecule has 0 aliphatic heterocycles. The highest BCUT2D eigenvalue weighted by Gasteiger charge is 2.50. The van der Waals surface area contributed by atoms with Crippen LogP contribution in [0, 0.1) is 23.2 Å². The molecule has 4 rings (SSSR count). The Morgan fingerprint density at radius 2 is 1.30 bits per heavy atom. The molecule has 0 atom stereocenters. The number of carbonyl (C=O) groups excluding carboxylic acids is 1. The van der Waals surface area contributed by atoms with Crippen LogP contribution < -0.4 is 5.90 Å². The molecule has 3 nitrogen and oxygen atoms in total. The molecule has 0 amide bonds. The van der Waals surface area contributed by atoms with Crippen LogP contribution >= 0.6 is 0 Å². The predicted molar refractivity (Wildman–Crippen MR) is 92.4 cm³/mol. The van der Waals surface area contributed by atoms with Gasteiger partial charge in [-0.25, -0.2) is 0 Å². The van der Waals surface area contributed by atoms with Gasteiger partial charge in [-0.1, -0.05) is 38.5 Å². The summed E-state index contributed by atoms with van der Waals surface area (Å²) in [5.41, 5.74) is 0.775. The van der Waals surface area contributed by atoms with Crippen LogP contribution in [0.15, 0.2) is 0 Å². The molecule has 0 spiro atoms. The standard InChI is InChI=1S/C20H35NO2/c21-23-19(22)8-6-4-2-1-3-5-7-9-20-13-16-10-17(14-20)12-18(11-16)15-20/h16-18H,1-15,21H2. The number of hydrogen-bond donors (Lipinski definition) is 1. The zero-order valence-electron chi connectivity index (χ0n) is 14.7. The van der Waals surface area contributed by atoms with Gasteiger partial charge in [-0.15, -0.1) is 0 Å². The second-order valence-corrected chi connectivity index (χ2v) is 8.88. The normalized spacial score (nSPS) is 34.7. The molecular formula is C20H35NO2. The third-order valence-corrected chi connectivity index (χ3v) is 6.88. The molecule has 0 saturated heterocycles. The minimum atomic E-state index is -0.277. The summed E-state index contributed by atoms with van der Waals surface area (Å²) in [6.45, 7) is 0. The van der Waals surface area contributed by atoms with Crippen molar-refractivity contribution in [1.82, 2.24) is 0 Å². The van der Waals surface area contributed by atoms with E-state index in [0.717, 1.165) is 36.0 Å². The summed E-state index contributed by atoms with van der Waals surface area (Å²) < 4.78 is 0. The van der Waals surface area contributed by atoms with Crippen molar-refractivity contribution in [3.05, 3.63) is 0 Å². The van der Waals surface area contributed by atoms with Crippen LogP contribution in [0.25, 0.3) is 0 Å². The summed E-state index contributed by atoms with van der Waals surface area (Å²) in [6, 6.07) is 0. The Hall–Kier alpha value is -0.570. The van der Waals surface area contributed by atoms with Gasteiger partial charge in [0.1, 0.15) is 0 Å². The Balaban J connectivity index is 1.22. The van der Waals surface area contributed by atoms with Crippen LogP contribution in [0.1, 0.15) is 96.3 Å². The molecule has 4 fully saturated rings. The molecule has 0 heterocycles. The SMILES string of the molecule is NOC(=O)CCCCCCCCCC12CC3CC(CC(C3)C1)C2. The third kappa shape index (κ3) is 4.71. The molecule has 4 saturated carbocycles. The quantitative estimate of drug-likeness (QED) is 0.448. The van der Waals surface area contributed by atoms with Gasteiger partial charge in [0.15, 0.2) is 0 Å². The predicted octanol–water partition coefficient (Wildman–Crippen LogP) is 5.13. The lowest BCUT2D eigenvalue weighted by molar-refractivity contribution is -0.144. The first-order valence-electron chi connectivity index (χ1n) is 10.1. The monoisotopic (exact) mass is 321 g/mol. The maximum absolute atomic E-state index is 10.9. The van der Waals surface area contributed by atoms with E-state index in [1.54, 1.807) is 38.5 Å². The van der Waals surface area contributed by atoms with Crippen LogP contribution in [0.2, 0.25) is 0 Å². The molecule has 3 heteroatoms. The van der Waals surface area contributed by atoms with Crippen molar-refractivity contribution in [3.8, 4) is 0 Å². The van der Waals surface area contributed by atoms with E-state index in [2.05, 4.69) is 4.84 Å². The summed E-state index contributed by atoms with van der Waals surface area (Å²) in [7, 11) is 0. The first-order valence-corrected chi connectivity index (χ1v) is 10.1. The molecule has 4 aliphatic rings. The summed E-state index contributed by atoms with van der Waals surface area (Å²) in [5, 5.41) is 0. The fourth-order valence-corrected chi connectivity index (χ4v) is 6.31. The van der Waals surface area contributed by atoms with Gasteiger partial charge in [0.25, 0.3) is 0 Å². The van der Waals surface area contributed by atoms with Gasteiger partial charge in [0.2, 0.25) is 0 Å². The molecule has 4 bridgehead atoms. The van der Waals surface area contributed by atoms with E-state index in [1.165, 1.54) is 38.5 Å². The molecule has 0 aromatic rings. The van der Waals surface area contributed by atoms with Gasteiger partial charge in [-0.3, -0.25) is 4.79 Å². The topological polar surface area (TPSA) is 52.3 Å². The number of nitrogens with two attached hydrogens (primary N) is 1. The molecule has 23 heavy (non-hydrogen) atoms. The highest BCUT2D eigenvalue weighted by molar-refractivity contribution is 5.68. The minimum absolute atomic E-state index is 0.277. The second-order valence-electron chi connectivity index (χ2n) is 8.88. The number of unbranched alkanes of at least 4 members (excludes halogenated alkanes) is 6. The Morgan fingerprint density at radius 3 is 1.83 bits per heavy atom. The Labute approximate surface area is 141 Å². The lowest BCUT2D eigenvalue weighted by Gasteiger charge is -2.57. The third-order valence-electron chi connectivity index (χ3n) is 6.88. The molecule has 0 aromatic heterocycles. The maximum Gasteiger partial charge on any atom is 0.324 e. The van der Waals surface area contributed by atoms with Crippen molar-refractivity contribution in [2.45, 2.75) is 96.3 Å². The maximum atomic E-state index is 10.9. The fourth-order valence-electron chi connectivity index (χ4n) is 6.31. The van der Waals surface area contributed by atoms with E-state index in [1.807, 2.05) is 0 Å². The van der Waals surface area contributed by atoms with Gasteiger partial charge >= 0.3 is 5.97 Å². The van der Waals surface area contributed by atoms with Crippen molar-refractivity contribution in [1.29, 1.82) is 0 Å². The lowest BCUT2D eigenvalue weighted by Crippen LogP contribution is -2.45. The number of rotatable bonds is 10. The molecule has 0 radical (unpaired) electrons. The van der Waals surface area contributed by atoms with Gasteiger partial charge in [0, 0.05) is 6.42 Å². The largest absolute Gasteiger partial charge is 0.373 e. The van der Waals surface area contributed by atoms with Crippen molar-refractivity contribution in [2.24, 2.45) is 29.1 Å². The molecule has 132 valence electrons. The lowest BCUT2D eigenvalue weighted by atomic mass is 9.48. The first kappa shape index (κ1) is 17.3. The van der Waals surface area contributed by atoms with E-state index in [0.29, 0.717) is 6.42 Å². The zero-order chi connectivity index (χ0) is 16.1. The molecular weight excluding hydrogens is 286 g/mol. The molecule has 0 unspecified atom stereocenters. The van der Waals surface area contributed by atoms with Crippen LogP contribution in [0.4, 0.5) is 0 Å². The van der Waals surface area contributed by atoms with Crippen molar-refractivity contribution in [3.63, 3.8) is 0 Å². The Morgan fingerprint density at radius 1 is 0.826 bits per heavy atom. The first-order chi connectivity index (χ1) is 11.2. The van der Waals surface area contributed by atoms with E-state index in [-0.39, 0.29) is 5.97 Å². The van der Waals surface area contributed by atoms with E-state index >= 15 is 0 Å². The molecule has 2 N–H and O–H groups in total. The van der Waals surface area contributed by atoms with E-state index in [9.17, 15) is 4.79 Å². The van der Waals surface area contributed by atoms with E-state index < -0.39 is 0 Å². The second kappa shape index (κ2) is 8.00. The van der Waals surface area contributed by atoms with Gasteiger partial charge in [0.05, 0.1) is 0 Å². The summed E-state index contributed by atoms with van der Waals surface area (Å²) in [6.07, 6.45) is 20.2. The number of hydrogen-bond acceptors (Lipinski definition) is 3. The molecule has 4 aliphatic carbocycles. The average Bonchev–Trinajstić information content (AvgIpc) is 2.51. The number of carbonyl (C=O) groups is 1. The molecule has 0 aromatic carbocycles. The summed E-state index contributed by atoms with van der Waals surface area (Å²) in [4.78, 5) is 15.1. The van der Waals surface area contributed by atoms with E-state index in [4.69, 9.17) is 5.90 Å². The highest BCUT2D eigenvalue weighted by Crippen LogP contribution is 2.61. The van der Waals surface area contributed by atoms with Crippen LogP contribution in [0.5, 0.6) is 0 Å². The average molecular weight is 322 g/mol. The van der Waals surface area contributed by atoms with Crippen molar-refractivity contribution in [2.75, 3.05) is 0 Å². The van der Waals surface area contributed by atoms with Gasteiger partial charge in [-0.05, 0) is 74.5 Å². The van der Waals surface area contributed by atoms with Gasteiger partial charge in [-0.2, -0.15) is 5.90 Å². The van der Waals surface area contributed by atoms with Crippen LogP contribution in [-0.4, -0.2) is 5.97 Å². The zero-order valence-corrected chi connectivity index (χ0v) is 14.7.